The molecule has 0 fully saturated rings. The summed E-state index contributed by atoms with van der Waals surface area (Å²) in [4.78, 5) is 15.9. The number of nitrogens with zero attached hydrogens (tertiary/aromatic N) is 1. The third kappa shape index (κ3) is 11.5. The molecule has 3 rings (SSSR count). The number of alkyl halides is 3. The second-order valence-corrected chi connectivity index (χ2v) is 10.4. The Hall–Kier alpha value is -2.65. The molecular formula is C28H40F3N3O3. The zero-order chi connectivity index (χ0) is 27.5. The van der Waals surface area contributed by atoms with Crippen LogP contribution in [-0.4, -0.2) is 39.9 Å². The van der Waals surface area contributed by atoms with Crippen molar-refractivity contribution in [3.05, 3.63) is 58.8 Å². The monoisotopic (exact) mass is 523 g/mol. The van der Waals surface area contributed by atoms with E-state index in [9.17, 15) is 23.1 Å². The van der Waals surface area contributed by atoms with Crippen molar-refractivity contribution in [2.24, 2.45) is 5.73 Å². The maximum Gasteiger partial charge on any atom is 0.416 e. The number of rotatable bonds is 11. The van der Waals surface area contributed by atoms with Gasteiger partial charge in [-0.15, -0.1) is 0 Å². The molecule has 0 unspecified atom stereocenters. The van der Waals surface area contributed by atoms with Crippen LogP contribution in [0.4, 0.5) is 19.0 Å². The van der Waals surface area contributed by atoms with Gasteiger partial charge in [0.2, 0.25) is 0 Å². The molecule has 0 aliphatic carbocycles. The Bertz CT molecular complexity index is 991. The van der Waals surface area contributed by atoms with Gasteiger partial charge < -0.3 is 21.3 Å². The summed E-state index contributed by atoms with van der Waals surface area (Å²) in [6.45, 7) is 4.56. The molecule has 0 spiro atoms. The van der Waals surface area contributed by atoms with Gasteiger partial charge in [0, 0.05) is 17.8 Å². The van der Waals surface area contributed by atoms with Crippen molar-refractivity contribution in [2.45, 2.75) is 89.3 Å². The first-order valence-electron chi connectivity index (χ1n) is 12.9. The molecule has 0 saturated heterocycles. The average molecular weight is 524 g/mol. The molecule has 1 atom stereocenters. The largest absolute Gasteiger partial charge is 0.481 e. The number of unbranched alkanes of at least 4 members (excludes halogenated alkanes) is 3. The standard InChI is InChI=1S/C24H29F3N2O2.C4H11NO/c25-24(26,27)20-10-5-8-18(15-20)19(16-22(30)31)7-3-1-2-4-11-21-13-12-17-9-6-14-28-23(17)29-21;1-4(2,5)3-6/h5,8,10,12-13,15,19H,1-4,6-7,9,11,14,16H2,(H,28,29)(H,30,31);6H,3,5H2,1-2H3/t19-;/m0./s1. The number of halogens is 3. The van der Waals surface area contributed by atoms with Crippen LogP contribution in [0.5, 0.6) is 0 Å². The second kappa shape index (κ2) is 14.3. The fourth-order valence-electron chi connectivity index (χ4n) is 4.12. The molecule has 9 heteroatoms. The molecule has 1 aliphatic heterocycles. The molecule has 6 nitrogen and oxygen atoms in total. The molecule has 37 heavy (non-hydrogen) atoms. The van der Waals surface area contributed by atoms with Gasteiger partial charge in [-0.25, -0.2) is 4.98 Å². The molecule has 1 aromatic heterocycles. The first-order chi connectivity index (χ1) is 17.4. The molecule has 2 aromatic rings. The minimum absolute atomic E-state index is 0.0486. The summed E-state index contributed by atoms with van der Waals surface area (Å²) in [6, 6.07) is 9.29. The Kier molecular flexibility index (Phi) is 11.8. The van der Waals surface area contributed by atoms with Crippen LogP contribution in [0.2, 0.25) is 0 Å². The van der Waals surface area contributed by atoms with Crippen LogP contribution in [0.3, 0.4) is 0 Å². The molecule has 206 valence electrons. The van der Waals surface area contributed by atoms with E-state index in [1.54, 1.807) is 19.9 Å². The number of aliphatic hydroxyl groups excluding tert-OH is 1. The Morgan fingerprint density at radius 3 is 2.49 bits per heavy atom. The zero-order valence-corrected chi connectivity index (χ0v) is 21.8. The van der Waals surface area contributed by atoms with Crippen LogP contribution in [0.1, 0.15) is 87.1 Å². The van der Waals surface area contributed by atoms with Crippen molar-refractivity contribution in [3.63, 3.8) is 0 Å². The number of fused-ring (bicyclic) bond motifs is 1. The van der Waals surface area contributed by atoms with E-state index >= 15 is 0 Å². The first-order valence-corrected chi connectivity index (χ1v) is 12.9. The predicted molar refractivity (Wildman–Crippen MR) is 140 cm³/mol. The summed E-state index contributed by atoms with van der Waals surface area (Å²) < 4.78 is 39.0. The van der Waals surface area contributed by atoms with Crippen LogP contribution >= 0.6 is 0 Å². The third-order valence-corrected chi connectivity index (χ3v) is 6.20. The van der Waals surface area contributed by atoms with E-state index in [1.807, 2.05) is 0 Å². The number of aliphatic hydroxyl groups is 1. The number of nitrogens with one attached hydrogen (secondary N) is 1. The van der Waals surface area contributed by atoms with Gasteiger partial charge in [-0.2, -0.15) is 13.2 Å². The Balaban J connectivity index is 0.000000717. The van der Waals surface area contributed by atoms with Crippen molar-refractivity contribution in [1.29, 1.82) is 0 Å². The van der Waals surface area contributed by atoms with E-state index in [1.165, 1.54) is 11.6 Å². The smallest absolute Gasteiger partial charge is 0.416 e. The maximum absolute atomic E-state index is 13.0. The number of carboxylic acids is 1. The van der Waals surface area contributed by atoms with Crippen LogP contribution < -0.4 is 11.1 Å². The number of pyridine rings is 1. The number of anilines is 1. The fourth-order valence-corrected chi connectivity index (χ4v) is 4.12. The van der Waals surface area contributed by atoms with Crippen LogP contribution in [0, 0.1) is 0 Å². The fraction of sp³-hybridized carbons (Fsp3) is 0.571. The van der Waals surface area contributed by atoms with Crippen LogP contribution in [0.25, 0.3) is 0 Å². The minimum Gasteiger partial charge on any atom is -0.481 e. The highest BCUT2D eigenvalue weighted by Crippen LogP contribution is 2.33. The number of aliphatic carboxylic acids is 1. The summed E-state index contributed by atoms with van der Waals surface area (Å²) in [5.41, 5.74) is 6.94. The number of hydrogen-bond acceptors (Lipinski definition) is 5. The summed E-state index contributed by atoms with van der Waals surface area (Å²) in [7, 11) is 0. The van der Waals surface area contributed by atoms with Crippen molar-refractivity contribution >= 4 is 11.8 Å². The quantitative estimate of drug-likeness (QED) is 0.272. The van der Waals surface area contributed by atoms with Gasteiger partial charge in [0.25, 0.3) is 0 Å². The number of aromatic nitrogens is 1. The lowest BCUT2D eigenvalue weighted by Crippen LogP contribution is -2.35. The van der Waals surface area contributed by atoms with Crippen molar-refractivity contribution in [2.75, 3.05) is 18.5 Å². The van der Waals surface area contributed by atoms with Gasteiger partial charge in [0.1, 0.15) is 5.82 Å². The molecule has 0 saturated carbocycles. The van der Waals surface area contributed by atoms with E-state index in [-0.39, 0.29) is 13.0 Å². The van der Waals surface area contributed by atoms with Crippen molar-refractivity contribution < 1.29 is 28.2 Å². The van der Waals surface area contributed by atoms with Gasteiger partial charge in [0.15, 0.2) is 0 Å². The zero-order valence-electron chi connectivity index (χ0n) is 21.8. The predicted octanol–water partition coefficient (Wildman–Crippen LogP) is 5.93. The number of carboxylic acid groups (broad SMARTS) is 1. The highest BCUT2D eigenvalue weighted by molar-refractivity contribution is 5.68. The number of nitrogens with two attached hydrogens (primary N) is 1. The summed E-state index contributed by atoms with van der Waals surface area (Å²) in [5, 5.41) is 20.8. The van der Waals surface area contributed by atoms with Crippen LogP contribution in [0.15, 0.2) is 36.4 Å². The lowest BCUT2D eigenvalue weighted by atomic mass is 9.89. The van der Waals surface area contributed by atoms with E-state index < -0.39 is 29.2 Å². The van der Waals surface area contributed by atoms with E-state index in [4.69, 9.17) is 15.8 Å². The summed E-state index contributed by atoms with van der Waals surface area (Å²) in [5.74, 6) is -0.399. The molecule has 0 bridgehead atoms. The third-order valence-electron chi connectivity index (χ3n) is 6.20. The van der Waals surface area contributed by atoms with Crippen LogP contribution in [-0.2, 0) is 23.8 Å². The number of carbonyl (C=O) groups is 1. The number of hydrogen-bond donors (Lipinski definition) is 4. The topological polar surface area (TPSA) is 108 Å². The molecular weight excluding hydrogens is 483 g/mol. The van der Waals surface area contributed by atoms with E-state index in [0.717, 1.165) is 75.1 Å². The normalized spacial score (nSPS) is 14.1. The lowest BCUT2D eigenvalue weighted by Gasteiger charge is -2.18. The van der Waals surface area contributed by atoms with Gasteiger partial charge in [-0.3, -0.25) is 4.79 Å². The number of benzene rings is 1. The van der Waals surface area contributed by atoms with Gasteiger partial charge in [-0.05, 0) is 75.1 Å². The maximum atomic E-state index is 13.0. The van der Waals surface area contributed by atoms with Gasteiger partial charge >= 0.3 is 12.1 Å². The average Bonchev–Trinajstić information content (AvgIpc) is 2.84. The highest BCUT2D eigenvalue weighted by atomic mass is 19.4. The Morgan fingerprint density at radius 1 is 1.14 bits per heavy atom. The first kappa shape index (κ1) is 30.6. The molecule has 1 aromatic carbocycles. The van der Waals surface area contributed by atoms with Gasteiger partial charge in [0.05, 0.1) is 18.6 Å². The van der Waals surface area contributed by atoms with E-state index in [0.29, 0.717) is 12.0 Å². The summed E-state index contributed by atoms with van der Waals surface area (Å²) >= 11 is 0. The lowest BCUT2D eigenvalue weighted by molar-refractivity contribution is -0.138. The molecule has 0 radical (unpaired) electrons. The number of aryl methyl sites for hydroxylation is 2. The Morgan fingerprint density at radius 2 is 1.84 bits per heavy atom. The molecule has 1 aliphatic rings. The van der Waals surface area contributed by atoms with Crippen molar-refractivity contribution in [3.8, 4) is 0 Å². The second-order valence-electron chi connectivity index (χ2n) is 10.4. The van der Waals surface area contributed by atoms with Gasteiger partial charge in [-0.1, -0.05) is 43.5 Å². The molecule has 5 N–H and O–H groups in total. The SMILES string of the molecule is CC(C)(N)CO.O=C(O)C[C@H](CCCCCCc1ccc2c(n1)NCCC2)c1cccc(C(F)(F)F)c1. The highest BCUT2D eigenvalue weighted by Gasteiger charge is 2.31. The molecule has 2 heterocycles. The van der Waals surface area contributed by atoms with Crippen molar-refractivity contribution in [1.82, 2.24) is 4.98 Å². The minimum atomic E-state index is -4.43. The molecule has 0 amide bonds. The summed E-state index contributed by atoms with van der Waals surface area (Å²) in [6.07, 6.45) is 2.74. The van der Waals surface area contributed by atoms with E-state index in [2.05, 4.69) is 17.4 Å². The Labute approximate surface area is 217 Å².